The Balaban J connectivity index is 2.40. The zero-order valence-electron chi connectivity index (χ0n) is 9.00. The van der Waals surface area contributed by atoms with E-state index in [4.69, 9.17) is 11.6 Å². The predicted octanol–water partition coefficient (Wildman–Crippen LogP) is 5.06. The van der Waals surface area contributed by atoms with Gasteiger partial charge in [0.2, 0.25) is 0 Å². The lowest BCUT2D eigenvalue weighted by molar-refractivity contribution is 1.15. The topological polar surface area (TPSA) is 0 Å². The van der Waals surface area contributed by atoms with E-state index >= 15 is 0 Å². The first-order chi connectivity index (χ1) is 7.09. The van der Waals surface area contributed by atoms with Crippen molar-refractivity contribution in [2.45, 2.75) is 26.1 Å². The predicted molar refractivity (Wildman–Crippen MR) is 70.5 cm³/mol. The first kappa shape index (κ1) is 11.2. The first-order valence-corrected chi connectivity index (χ1v) is 6.98. The van der Waals surface area contributed by atoms with Crippen LogP contribution in [0.5, 0.6) is 0 Å². The molecule has 0 N–H and O–H groups in total. The fraction of sp³-hybridized carbons (Fsp3) is 0.333. The minimum absolute atomic E-state index is 0.0231. The Bertz CT molecular complexity index is 468. The molecule has 0 aliphatic carbocycles. The molecule has 2 rings (SSSR count). The number of hydrogen-bond donors (Lipinski definition) is 0. The van der Waals surface area contributed by atoms with Gasteiger partial charge in [-0.2, -0.15) is 0 Å². The van der Waals surface area contributed by atoms with Gasteiger partial charge in [0.15, 0.2) is 0 Å². The Morgan fingerprint density at radius 3 is 2.47 bits per heavy atom. The van der Waals surface area contributed by atoms with Gasteiger partial charge in [0, 0.05) is 14.6 Å². The molecule has 2 aromatic heterocycles. The van der Waals surface area contributed by atoms with Crippen LogP contribution in [0.2, 0.25) is 0 Å². The second kappa shape index (κ2) is 4.28. The molecular formula is C12H13ClS2. The van der Waals surface area contributed by atoms with E-state index in [1.807, 2.05) is 11.3 Å². The average molecular weight is 257 g/mol. The van der Waals surface area contributed by atoms with E-state index in [0.717, 1.165) is 0 Å². The maximum atomic E-state index is 6.51. The standard InChI is InChI=1S/C12H13ClS2/c1-7-4-5-14-12(7)11(13)10-6-8(2)15-9(10)3/h4-6,11H,1-3H3. The van der Waals surface area contributed by atoms with Crippen molar-refractivity contribution in [3.8, 4) is 0 Å². The van der Waals surface area contributed by atoms with E-state index in [1.54, 1.807) is 11.3 Å². The number of alkyl halides is 1. The van der Waals surface area contributed by atoms with E-state index < -0.39 is 0 Å². The average Bonchev–Trinajstić information content (AvgIpc) is 2.71. The maximum absolute atomic E-state index is 6.51. The summed E-state index contributed by atoms with van der Waals surface area (Å²) in [5.41, 5.74) is 2.56. The monoisotopic (exact) mass is 256 g/mol. The van der Waals surface area contributed by atoms with Crippen molar-refractivity contribution < 1.29 is 0 Å². The largest absolute Gasteiger partial charge is 0.147 e. The quantitative estimate of drug-likeness (QED) is 0.659. The minimum atomic E-state index is 0.0231. The number of halogens is 1. The van der Waals surface area contributed by atoms with Gasteiger partial charge in [-0.15, -0.1) is 34.3 Å². The van der Waals surface area contributed by atoms with Gasteiger partial charge in [-0.1, -0.05) is 0 Å². The molecule has 0 saturated heterocycles. The third-order valence-corrected chi connectivity index (χ3v) is 5.13. The van der Waals surface area contributed by atoms with Gasteiger partial charge in [-0.3, -0.25) is 0 Å². The Hall–Kier alpha value is -0.310. The number of thiophene rings is 2. The highest BCUT2D eigenvalue weighted by Crippen LogP contribution is 2.38. The van der Waals surface area contributed by atoms with Crippen LogP contribution in [0.1, 0.15) is 31.1 Å². The van der Waals surface area contributed by atoms with Crippen molar-refractivity contribution in [1.82, 2.24) is 0 Å². The van der Waals surface area contributed by atoms with Crippen LogP contribution in [0.4, 0.5) is 0 Å². The van der Waals surface area contributed by atoms with Crippen LogP contribution in [0.25, 0.3) is 0 Å². The zero-order chi connectivity index (χ0) is 11.0. The van der Waals surface area contributed by atoms with Gasteiger partial charge < -0.3 is 0 Å². The van der Waals surface area contributed by atoms with E-state index in [9.17, 15) is 0 Å². The molecule has 0 aliphatic heterocycles. The second-order valence-corrected chi connectivity index (χ2v) is 6.54. The highest BCUT2D eigenvalue weighted by Gasteiger charge is 2.18. The molecule has 1 unspecified atom stereocenters. The normalized spacial score (nSPS) is 13.1. The van der Waals surface area contributed by atoms with Gasteiger partial charge in [-0.25, -0.2) is 0 Å². The van der Waals surface area contributed by atoms with Crippen LogP contribution in [0, 0.1) is 20.8 Å². The van der Waals surface area contributed by atoms with Crippen molar-refractivity contribution >= 4 is 34.3 Å². The van der Waals surface area contributed by atoms with Crippen LogP contribution < -0.4 is 0 Å². The molecule has 0 radical (unpaired) electrons. The molecule has 0 fully saturated rings. The Morgan fingerprint density at radius 1 is 1.27 bits per heavy atom. The molecule has 0 amide bonds. The van der Waals surface area contributed by atoms with Crippen LogP contribution in [-0.2, 0) is 0 Å². The van der Waals surface area contributed by atoms with E-state index in [-0.39, 0.29) is 5.38 Å². The summed E-state index contributed by atoms with van der Waals surface area (Å²) in [7, 11) is 0. The molecule has 80 valence electrons. The van der Waals surface area contributed by atoms with Crippen LogP contribution in [0.15, 0.2) is 17.5 Å². The third kappa shape index (κ3) is 2.12. The van der Waals surface area contributed by atoms with E-state index in [2.05, 4.69) is 38.3 Å². The highest BCUT2D eigenvalue weighted by atomic mass is 35.5. The molecule has 0 spiro atoms. The van der Waals surface area contributed by atoms with Gasteiger partial charge in [0.25, 0.3) is 0 Å². The molecule has 0 aliphatic rings. The van der Waals surface area contributed by atoms with Crippen molar-refractivity contribution in [3.63, 3.8) is 0 Å². The summed E-state index contributed by atoms with van der Waals surface area (Å²) in [4.78, 5) is 3.94. The van der Waals surface area contributed by atoms with Gasteiger partial charge in [-0.05, 0) is 49.4 Å². The molecule has 0 aromatic carbocycles. The first-order valence-electron chi connectivity index (χ1n) is 4.84. The zero-order valence-corrected chi connectivity index (χ0v) is 11.4. The van der Waals surface area contributed by atoms with E-state index in [1.165, 1.54) is 25.8 Å². The van der Waals surface area contributed by atoms with Crippen molar-refractivity contribution in [2.24, 2.45) is 0 Å². The molecule has 15 heavy (non-hydrogen) atoms. The Morgan fingerprint density at radius 2 is 2.00 bits per heavy atom. The Labute approximate surface area is 104 Å². The number of rotatable bonds is 2. The maximum Gasteiger partial charge on any atom is 0.0941 e. The van der Waals surface area contributed by atoms with Crippen molar-refractivity contribution in [3.05, 3.63) is 43.3 Å². The second-order valence-electron chi connectivity index (χ2n) is 3.70. The summed E-state index contributed by atoms with van der Waals surface area (Å²) in [5.74, 6) is 0. The SMILES string of the molecule is Cc1cc(C(Cl)c2sccc2C)c(C)s1. The van der Waals surface area contributed by atoms with Crippen molar-refractivity contribution in [1.29, 1.82) is 0 Å². The van der Waals surface area contributed by atoms with Crippen LogP contribution in [0.3, 0.4) is 0 Å². The fourth-order valence-corrected chi connectivity index (χ4v) is 4.19. The number of aryl methyl sites for hydroxylation is 3. The Kier molecular flexibility index (Phi) is 3.19. The fourth-order valence-electron chi connectivity index (χ4n) is 1.69. The van der Waals surface area contributed by atoms with Crippen LogP contribution in [-0.4, -0.2) is 0 Å². The smallest absolute Gasteiger partial charge is 0.0941 e. The highest BCUT2D eigenvalue weighted by molar-refractivity contribution is 7.12. The third-order valence-electron chi connectivity index (χ3n) is 2.48. The minimum Gasteiger partial charge on any atom is -0.147 e. The van der Waals surface area contributed by atoms with E-state index in [0.29, 0.717) is 0 Å². The lowest BCUT2D eigenvalue weighted by Gasteiger charge is -2.08. The number of hydrogen-bond acceptors (Lipinski definition) is 2. The molecule has 2 aromatic rings. The molecular weight excluding hydrogens is 244 g/mol. The van der Waals surface area contributed by atoms with Crippen LogP contribution >= 0.6 is 34.3 Å². The summed E-state index contributed by atoms with van der Waals surface area (Å²) in [6, 6.07) is 4.33. The molecule has 0 bridgehead atoms. The lowest BCUT2D eigenvalue weighted by Crippen LogP contribution is -1.91. The van der Waals surface area contributed by atoms with Gasteiger partial charge in [0.1, 0.15) is 0 Å². The summed E-state index contributed by atoms with van der Waals surface area (Å²) in [6.07, 6.45) is 0. The summed E-state index contributed by atoms with van der Waals surface area (Å²) >= 11 is 10.1. The van der Waals surface area contributed by atoms with Crippen molar-refractivity contribution in [2.75, 3.05) is 0 Å². The summed E-state index contributed by atoms with van der Waals surface area (Å²) in [6.45, 7) is 6.40. The molecule has 1 atom stereocenters. The van der Waals surface area contributed by atoms with Gasteiger partial charge >= 0.3 is 0 Å². The molecule has 0 saturated carbocycles. The van der Waals surface area contributed by atoms with Gasteiger partial charge in [0.05, 0.1) is 5.38 Å². The molecule has 0 nitrogen and oxygen atoms in total. The summed E-state index contributed by atoms with van der Waals surface area (Å²) < 4.78 is 0. The lowest BCUT2D eigenvalue weighted by atomic mass is 10.1. The molecule has 3 heteroatoms. The molecule has 2 heterocycles. The summed E-state index contributed by atoms with van der Waals surface area (Å²) in [5, 5.41) is 2.13.